The molecule has 0 bridgehead atoms. The molecule has 0 aliphatic rings. The molecular formula is C8H17Cl3OSi. The summed E-state index contributed by atoms with van der Waals surface area (Å²) in [6.45, 7) is 4.92. The van der Waals surface area contributed by atoms with Crippen molar-refractivity contribution in [3.05, 3.63) is 0 Å². The van der Waals surface area contributed by atoms with E-state index in [0.717, 1.165) is 6.42 Å². The summed E-state index contributed by atoms with van der Waals surface area (Å²) in [7, 11) is 0. The van der Waals surface area contributed by atoms with E-state index in [4.69, 9.17) is 37.7 Å². The van der Waals surface area contributed by atoms with Gasteiger partial charge in [0.05, 0.1) is 0 Å². The van der Waals surface area contributed by atoms with Crippen LogP contribution < -0.4 is 0 Å². The van der Waals surface area contributed by atoms with E-state index in [2.05, 4.69) is 13.8 Å². The maximum Gasteiger partial charge on any atom is 0.493 e. The lowest BCUT2D eigenvalue weighted by atomic mass is 10.0. The summed E-state index contributed by atoms with van der Waals surface area (Å²) in [5.41, 5.74) is 0. The van der Waals surface area contributed by atoms with Crippen molar-refractivity contribution in [2.24, 2.45) is 5.92 Å². The molecule has 1 unspecified atom stereocenters. The first-order chi connectivity index (χ1) is 5.99. The third kappa shape index (κ3) is 9.35. The molecule has 0 aromatic heterocycles. The number of hydrogen-bond donors (Lipinski definition) is 0. The molecule has 0 N–H and O–H groups in total. The average molecular weight is 264 g/mol. The molecule has 0 saturated carbocycles. The first kappa shape index (κ1) is 14.0. The highest BCUT2D eigenvalue weighted by molar-refractivity contribution is 7.62. The first-order valence-corrected chi connectivity index (χ1v) is 9.64. The molecule has 0 radical (unpaired) electrons. The van der Waals surface area contributed by atoms with Crippen molar-refractivity contribution in [1.82, 2.24) is 0 Å². The summed E-state index contributed by atoms with van der Waals surface area (Å²) < 4.78 is 5.21. The van der Waals surface area contributed by atoms with Crippen molar-refractivity contribution in [3.63, 3.8) is 0 Å². The predicted octanol–water partition coefficient (Wildman–Crippen LogP) is 4.37. The Balaban J connectivity index is 3.59. The molecule has 0 fully saturated rings. The van der Waals surface area contributed by atoms with E-state index in [-0.39, 0.29) is 0 Å². The molecule has 0 aromatic rings. The van der Waals surface area contributed by atoms with Gasteiger partial charge in [0.2, 0.25) is 0 Å². The Labute approximate surface area is 95.9 Å². The maximum atomic E-state index is 5.62. The van der Waals surface area contributed by atoms with Crippen LogP contribution in [-0.4, -0.2) is 12.9 Å². The molecule has 0 rings (SSSR count). The Morgan fingerprint density at radius 2 is 1.85 bits per heavy atom. The van der Waals surface area contributed by atoms with E-state index in [0.29, 0.717) is 12.5 Å². The average Bonchev–Trinajstić information content (AvgIpc) is 2.03. The molecule has 80 valence electrons. The van der Waals surface area contributed by atoms with Crippen LogP contribution >= 0.6 is 33.2 Å². The Bertz CT molecular complexity index is 127. The second-order valence-corrected chi connectivity index (χ2v) is 10.9. The topological polar surface area (TPSA) is 9.23 Å². The minimum atomic E-state index is -2.86. The standard InChI is InChI=1S/C8H17Cl3OSi/c1-3-5-6-8(4-2)7-12-13(9,10)11/h8H,3-7H2,1-2H3. The monoisotopic (exact) mass is 262 g/mol. The minimum Gasteiger partial charge on any atom is -0.381 e. The molecular weight excluding hydrogens is 247 g/mol. The van der Waals surface area contributed by atoms with Crippen LogP contribution in [0.2, 0.25) is 0 Å². The molecule has 5 heteroatoms. The number of unbranched alkanes of at least 4 members (excludes halogenated alkanes) is 1. The fraction of sp³-hybridized carbons (Fsp3) is 1.00. The highest BCUT2D eigenvalue weighted by Crippen LogP contribution is 2.23. The van der Waals surface area contributed by atoms with Gasteiger partial charge in [0.15, 0.2) is 0 Å². The van der Waals surface area contributed by atoms with Gasteiger partial charge in [-0.15, -0.1) is 0 Å². The molecule has 0 heterocycles. The van der Waals surface area contributed by atoms with Crippen LogP contribution in [0.4, 0.5) is 0 Å². The van der Waals surface area contributed by atoms with Crippen molar-refractivity contribution in [3.8, 4) is 0 Å². The normalized spacial score (nSPS) is 14.5. The maximum absolute atomic E-state index is 5.62. The molecule has 13 heavy (non-hydrogen) atoms. The fourth-order valence-electron chi connectivity index (χ4n) is 1.11. The van der Waals surface area contributed by atoms with Crippen molar-refractivity contribution in [2.45, 2.75) is 39.5 Å². The fourth-order valence-corrected chi connectivity index (χ4v) is 2.10. The quantitative estimate of drug-likeness (QED) is 0.489. The highest BCUT2D eigenvalue weighted by atomic mass is 35.8. The highest BCUT2D eigenvalue weighted by Gasteiger charge is 2.28. The Morgan fingerprint density at radius 1 is 1.23 bits per heavy atom. The largest absolute Gasteiger partial charge is 0.493 e. The Hall–Kier alpha value is 1.05. The molecule has 1 atom stereocenters. The predicted molar refractivity (Wildman–Crippen MR) is 62.6 cm³/mol. The Kier molecular flexibility index (Phi) is 7.95. The zero-order valence-corrected chi connectivity index (χ0v) is 11.4. The SMILES string of the molecule is CCCCC(CC)CO[Si](Cl)(Cl)Cl. The summed E-state index contributed by atoms with van der Waals surface area (Å²) in [6, 6.07) is 0. The van der Waals surface area contributed by atoms with Gasteiger partial charge in [-0.25, -0.2) is 0 Å². The van der Waals surface area contributed by atoms with Gasteiger partial charge in [0, 0.05) is 6.61 Å². The van der Waals surface area contributed by atoms with Gasteiger partial charge in [-0.2, -0.15) is 0 Å². The summed E-state index contributed by atoms with van der Waals surface area (Å²) in [5, 5.41) is 0. The lowest BCUT2D eigenvalue weighted by molar-refractivity contribution is 0.242. The van der Waals surface area contributed by atoms with Gasteiger partial charge in [-0.05, 0) is 12.3 Å². The second-order valence-electron chi connectivity index (χ2n) is 3.17. The Morgan fingerprint density at radius 3 is 2.23 bits per heavy atom. The van der Waals surface area contributed by atoms with E-state index in [9.17, 15) is 0 Å². The van der Waals surface area contributed by atoms with E-state index >= 15 is 0 Å². The molecule has 1 nitrogen and oxygen atoms in total. The van der Waals surface area contributed by atoms with E-state index in [1.807, 2.05) is 0 Å². The van der Waals surface area contributed by atoms with Gasteiger partial charge in [-0.1, -0.05) is 66.3 Å². The molecule has 0 aliphatic heterocycles. The van der Waals surface area contributed by atoms with Gasteiger partial charge in [-0.3, -0.25) is 0 Å². The number of halogens is 3. The van der Waals surface area contributed by atoms with Crippen LogP contribution in [0.1, 0.15) is 39.5 Å². The van der Waals surface area contributed by atoms with Crippen LogP contribution in [0.3, 0.4) is 0 Å². The molecule has 0 spiro atoms. The van der Waals surface area contributed by atoms with Crippen LogP contribution in [-0.2, 0) is 4.43 Å². The molecule has 0 aliphatic carbocycles. The lowest BCUT2D eigenvalue weighted by Crippen LogP contribution is -2.21. The van der Waals surface area contributed by atoms with Crippen molar-refractivity contribution < 1.29 is 4.43 Å². The first-order valence-electron chi connectivity index (χ1n) is 4.70. The summed E-state index contributed by atoms with van der Waals surface area (Å²) in [5.74, 6) is 0.545. The van der Waals surface area contributed by atoms with Gasteiger partial charge in [0.1, 0.15) is 0 Å². The molecule has 0 aromatic carbocycles. The third-order valence-corrected chi connectivity index (χ3v) is 3.50. The lowest BCUT2D eigenvalue weighted by Gasteiger charge is -2.17. The van der Waals surface area contributed by atoms with Crippen molar-refractivity contribution >= 4 is 39.5 Å². The number of rotatable bonds is 7. The summed E-state index contributed by atoms with van der Waals surface area (Å²) in [4.78, 5) is 0. The van der Waals surface area contributed by atoms with Crippen LogP contribution in [0.25, 0.3) is 0 Å². The smallest absolute Gasteiger partial charge is 0.381 e. The molecule has 0 amide bonds. The number of hydrogen-bond acceptors (Lipinski definition) is 1. The van der Waals surface area contributed by atoms with E-state index < -0.39 is 6.25 Å². The third-order valence-electron chi connectivity index (χ3n) is 2.03. The van der Waals surface area contributed by atoms with Crippen LogP contribution in [0, 0.1) is 5.92 Å². The molecule has 0 saturated heterocycles. The minimum absolute atomic E-state index is 0.545. The van der Waals surface area contributed by atoms with Crippen molar-refractivity contribution in [1.29, 1.82) is 0 Å². The van der Waals surface area contributed by atoms with Gasteiger partial charge < -0.3 is 4.43 Å². The van der Waals surface area contributed by atoms with Gasteiger partial charge >= 0.3 is 6.25 Å². The summed E-state index contributed by atoms with van der Waals surface area (Å²) >= 11 is 16.8. The van der Waals surface area contributed by atoms with Crippen molar-refractivity contribution in [2.75, 3.05) is 6.61 Å². The van der Waals surface area contributed by atoms with Crippen LogP contribution in [0.15, 0.2) is 0 Å². The van der Waals surface area contributed by atoms with Gasteiger partial charge in [0.25, 0.3) is 0 Å². The second kappa shape index (κ2) is 7.35. The zero-order chi connectivity index (χ0) is 10.3. The van der Waals surface area contributed by atoms with Crippen LogP contribution in [0.5, 0.6) is 0 Å². The van der Waals surface area contributed by atoms with E-state index in [1.165, 1.54) is 19.3 Å². The zero-order valence-electron chi connectivity index (χ0n) is 8.16. The summed E-state index contributed by atoms with van der Waals surface area (Å²) in [6.07, 6.45) is 1.84. The van der Waals surface area contributed by atoms with E-state index in [1.54, 1.807) is 0 Å².